The molecular formula is C18H20N2O3. The first kappa shape index (κ1) is 14.5. The third-order valence-corrected chi connectivity index (χ3v) is 5.13. The van der Waals surface area contributed by atoms with Crippen LogP contribution in [0.4, 0.5) is 0 Å². The Morgan fingerprint density at radius 3 is 2.83 bits per heavy atom. The number of ether oxygens (including phenoxy) is 2. The topological polar surface area (TPSA) is 53.4 Å². The van der Waals surface area contributed by atoms with Crippen molar-refractivity contribution >= 4 is 5.97 Å². The van der Waals surface area contributed by atoms with Crippen molar-refractivity contribution in [2.45, 2.75) is 32.5 Å². The van der Waals surface area contributed by atoms with E-state index in [0.717, 1.165) is 18.7 Å². The van der Waals surface area contributed by atoms with Gasteiger partial charge in [0.1, 0.15) is 6.10 Å². The van der Waals surface area contributed by atoms with E-state index in [1.807, 2.05) is 22.9 Å². The van der Waals surface area contributed by atoms with Gasteiger partial charge in [-0.1, -0.05) is 13.8 Å². The molecule has 1 saturated heterocycles. The molecule has 0 radical (unpaired) electrons. The number of aromatic nitrogens is 2. The summed E-state index contributed by atoms with van der Waals surface area (Å²) in [6.07, 6.45) is 6.46. The number of benzene rings is 1. The van der Waals surface area contributed by atoms with Crippen LogP contribution < -0.4 is 0 Å². The number of hydrogen-bond acceptors (Lipinski definition) is 4. The standard InChI is InChI=1S/C18H20N2O3/c1-18(2)15-14(7-10-22-15)16(18)23-17(21)12-3-5-13(6-4-12)20-9-8-19-11-20/h3-6,8-9,11,14-16H,7,10H2,1-2H3/t14-,15+,16-/m0/s1. The molecule has 0 N–H and O–H groups in total. The van der Waals surface area contributed by atoms with E-state index in [1.165, 1.54) is 0 Å². The van der Waals surface area contributed by atoms with Crippen LogP contribution in [-0.4, -0.2) is 34.3 Å². The molecule has 1 aromatic carbocycles. The van der Waals surface area contributed by atoms with Gasteiger partial charge in [-0.3, -0.25) is 0 Å². The van der Waals surface area contributed by atoms with Gasteiger partial charge in [0.25, 0.3) is 0 Å². The minimum Gasteiger partial charge on any atom is -0.458 e. The molecule has 120 valence electrons. The molecule has 4 rings (SSSR count). The molecule has 1 aromatic heterocycles. The SMILES string of the molecule is CC1(C)[C@@H]2OCC[C@@H]2[C@@H]1OC(=O)c1ccc(-n2ccnc2)cc1. The largest absolute Gasteiger partial charge is 0.458 e. The average molecular weight is 312 g/mol. The van der Waals surface area contributed by atoms with Crippen LogP contribution in [0, 0.1) is 11.3 Å². The highest BCUT2D eigenvalue weighted by Gasteiger charge is 2.61. The fourth-order valence-corrected chi connectivity index (χ4v) is 3.88. The Bertz CT molecular complexity index is 706. The Labute approximate surface area is 135 Å². The molecule has 0 bridgehead atoms. The zero-order valence-corrected chi connectivity index (χ0v) is 13.3. The Kier molecular flexibility index (Phi) is 3.27. The van der Waals surface area contributed by atoms with Crippen LogP contribution in [-0.2, 0) is 9.47 Å². The molecule has 2 aromatic rings. The fourth-order valence-electron chi connectivity index (χ4n) is 3.88. The molecule has 1 saturated carbocycles. The second kappa shape index (κ2) is 5.20. The highest BCUT2D eigenvalue weighted by atomic mass is 16.6. The zero-order valence-electron chi connectivity index (χ0n) is 13.3. The summed E-state index contributed by atoms with van der Waals surface area (Å²) in [6.45, 7) is 4.99. The van der Waals surface area contributed by atoms with Gasteiger partial charge in [0, 0.05) is 36.0 Å². The van der Waals surface area contributed by atoms with Gasteiger partial charge < -0.3 is 14.0 Å². The summed E-state index contributed by atoms with van der Waals surface area (Å²) in [5.74, 6) is 0.0878. The van der Waals surface area contributed by atoms with E-state index in [0.29, 0.717) is 11.5 Å². The van der Waals surface area contributed by atoms with Crippen LogP contribution in [0.15, 0.2) is 43.0 Å². The molecule has 2 heterocycles. The van der Waals surface area contributed by atoms with Gasteiger partial charge in [0.2, 0.25) is 0 Å². The highest BCUT2D eigenvalue weighted by Crippen LogP contribution is 2.53. The van der Waals surface area contributed by atoms with Gasteiger partial charge in [-0.15, -0.1) is 0 Å². The maximum atomic E-state index is 12.4. The molecule has 3 atom stereocenters. The summed E-state index contributed by atoms with van der Waals surface area (Å²) >= 11 is 0. The van der Waals surface area contributed by atoms with Gasteiger partial charge in [0.15, 0.2) is 0 Å². The van der Waals surface area contributed by atoms with Gasteiger partial charge in [-0.2, -0.15) is 0 Å². The van der Waals surface area contributed by atoms with E-state index in [2.05, 4.69) is 18.8 Å². The van der Waals surface area contributed by atoms with E-state index in [9.17, 15) is 4.79 Å². The van der Waals surface area contributed by atoms with Crippen LogP contribution >= 0.6 is 0 Å². The van der Waals surface area contributed by atoms with Crippen LogP contribution in [0.1, 0.15) is 30.6 Å². The average Bonchev–Trinajstić information content (AvgIpc) is 3.23. The smallest absolute Gasteiger partial charge is 0.338 e. The number of rotatable bonds is 3. The first-order chi connectivity index (χ1) is 11.1. The summed E-state index contributed by atoms with van der Waals surface area (Å²) in [4.78, 5) is 16.5. The quantitative estimate of drug-likeness (QED) is 0.818. The van der Waals surface area contributed by atoms with Crippen molar-refractivity contribution in [2.24, 2.45) is 11.3 Å². The number of hydrogen-bond donors (Lipinski definition) is 0. The number of esters is 1. The van der Waals surface area contributed by atoms with E-state index < -0.39 is 0 Å². The lowest BCUT2D eigenvalue weighted by Gasteiger charge is -2.53. The third kappa shape index (κ3) is 2.27. The number of fused-ring (bicyclic) bond motifs is 1. The second-order valence-corrected chi connectivity index (χ2v) is 6.91. The molecule has 0 unspecified atom stereocenters. The number of nitrogens with zero attached hydrogens (tertiary/aromatic N) is 2. The minimum atomic E-state index is -0.259. The monoisotopic (exact) mass is 312 g/mol. The van der Waals surface area contributed by atoms with E-state index in [-0.39, 0.29) is 23.6 Å². The van der Waals surface area contributed by atoms with Gasteiger partial charge in [-0.05, 0) is 30.7 Å². The maximum Gasteiger partial charge on any atom is 0.338 e. The zero-order chi connectivity index (χ0) is 16.0. The summed E-state index contributed by atoms with van der Waals surface area (Å²) in [6, 6.07) is 7.38. The number of imidazole rings is 1. The van der Waals surface area contributed by atoms with Crippen LogP contribution in [0.3, 0.4) is 0 Å². The van der Waals surface area contributed by atoms with Gasteiger partial charge >= 0.3 is 5.97 Å². The predicted molar refractivity (Wildman–Crippen MR) is 84.4 cm³/mol. The van der Waals surface area contributed by atoms with Crippen molar-refractivity contribution in [1.29, 1.82) is 0 Å². The first-order valence-corrected chi connectivity index (χ1v) is 7.98. The van der Waals surface area contributed by atoms with E-state index in [1.54, 1.807) is 24.7 Å². The van der Waals surface area contributed by atoms with Crippen molar-refractivity contribution in [3.63, 3.8) is 0 Å². The Hall–Kier alpha value is -2.14. The van der Waals surface area contributed by atoms with Crippen molar-refractivity contribution in [3.05, 3.63) is 48.5 Å². The Morgan fingerprint density at radius 2 is 2.13 bits per heavy atom. The molecule has 2 aliphatic rings. The molecule has 2 fully saturated rings. The van der Waals surface area contributed by atoms with E-state index in [4.69, 9.17) is 9.47 Å². The third-order valence-electron chi connectivity index (χ3n) is 5.13. The summed E-state index contributed by atoms with van der Waals surface area (Å²) in [7, 11) is 0. The number of carbonyl (C=O) groups excluding carboxylic acids is 1. The molecule has 1 aliphatic heterocycles. The second-order valence-electron chi connectivity index (χ2n) is 6.91. The lowest BCUT2D eigenvalue weighted by atomic mass is 9.59. The normalized spacial score (nSPS) is 28.0. The lowest BCUT2D eigenvalue weighted by Crippen LogP contribution is -2.61. The molecule has 5 heteroatoms. The van der Waals surface area contributed by atoms with Gasteiger partial charge in [-0.25, -0.2) is 9.78 Å². The van der Waals surface area contributed by atoms with Crippen molar-refractivity contribution in [3.8, 4) is 5.69 Å². The molecule has 0 amide bonds. The Balaban J connectivity index is 1.47. The van der Waals surface area contributed by atoms with Crippen LogP contribution in [0.2, 0.25) is 0 Å². The van der Waals surface area contributed by atoms with Crippen molar-refractivity contribution < 1.29 is 14.3 Å². The van der Waals surface area contributed by atoms with Crippen LogP contribution in [0.25, 0.3) is 5.69 Å². The summed E-state index contributed by atoms with van der Waals surface area (Å²) in [5, 5.41) is 0. The molecule has 0 spiro atoms. The van der Waals surface area contributed by atoms with Gasteiger partial charge in [0.05, 0.1) is 18.0 Å². The highest BCUT2D eigenvalue weighted by molar-refractivity contribution is 5.89. The summed E-state index contributed by atoms with van der Waals surface area (Å²) in [5.41, 5.74) is 1.44. The molecular weight excluding hydrogens is 292 g/mol. The van der Waals surface area contributed by atoms with Crippen LogP contribution in [0.5, 0.6) is 0 Å². The van der Waals surface area contributed by atoms with Crippen molar-refractivity contribution in [2.75, 3.05) is 6.61 Å². The number of carbonyl (C=O) groups is 1. The minimum absolute atomic E-state index is 0.0594. The maximum absolute atomic E-state index is 12.4. The first-order valence-electron chi connectivity index (χ1n) is 7.98. The molecule has 23 heavy (non-hydrogen) atoms. The molecule has 1 aliphatic carbocycles. The van der Waals surface area contributed by atoms with Crippen molar-refractivity contribution in [1.82, 2.24) is 9.55 Å². The lowest BCUT2D eigenvalue weighted by molar-refractivity contribution is -0.183. The fraction of sp³-hybridized carbons (Fsp3) is 0.444. The Morgan fingerprint density at radius 1 is 1.35 bits per heavy atom. The van der Waals surface area contributed by atoms with E-state index >= 15 is 0 Å². The summed E-state index contributed by atoms with van der Waals surface area (Å²) < 4.78 is 13.4. The molecule has 5 nitrogen and oxygen atoms in total. The predicted octanol–water partition coefficient (Wildman–Crippen LogP) is 2.84.